The number of methoxy groups -OCH3 is 1. The zero-order valence-corrected chi connectivity index (χ0v) is 14.2. The maximum absolute atomic E-state index is 11.4. The number of aromatic nitrogens is 1. The van der Waals surface area contributed by atoms with Crippen molar-refractivity contribution in [3.63, 3.8) is 0 Å². The monoisotopic (exact) mass is 339 g/mol. The van der Waals surface area contributed by atoms with E-state index in [0.29, 0.717) is 5.82 Å². The maximum Gasteiger partial charge on any atom is 0.243 e. The van der Waals surface area contributed by atoms with Crippen molar-refractivity contribution < 1.29 is 9.53 Å². The Hall–Kier alpha value is -2.86. The lowest BCUT2D eigenvalue weighted by Gasteiger charge is -2.05. The number of ether oxygens (including phenoxy) is 1. The summed E-state index contributed by atoms with van der Waals surface area (Å²) in [6.07, 6.45) is 4.92. The fourth-order valence-corrected chi connectivity index (χ4v) is 3.52. The molecule has 2 aromatic heterocycles. The lowest BCUT2D eigenvalue weighted by atomic mass is 10.0. The zero-order valence-electron chi connectivity index (χ0n) is 13.4. The normalized spacial score (nSPS) is 11.1. The Morgan fingerprint density at radius 3 is 2.75 bits per heavy atom. The van der Waals surface area contributed by atoms with Gasteiger partial charge in [-0.15, -0.1) is 11.3 Å². The molecule has 3 aromatic rings. The van der Waals surface area contributed by atoms with E-state index in [9.17, 15) is 4.79 Å². The molecule has 122 valence electrons. The van der Waals surface area contributed by atoms with E-state index in [2.05, 4.69) is 15.7 Å². The third-order valence-electron chi connectivity index (χ3n) is 3.71. The molecular weight excluding hydrogens is 322 g/mol. The third kappa shape index (κ3) is 2.96. The lowest BCUT2D eigenvalue weighted by Crippen LogP contribution is -2.13. The minimum absolute atomic E-state index is 0.160. The number of benzene rings is 1. The summed E-state index contributed by atoms with van der Waals surface area (Å²) < 4.78 is 6.21. The topological polar surface area (TPSA) is 77.2 Å². The molecule has 0 radical (unpaired) electrons. The third-order valence-corrected chi connectivity index (χ3v) is 4.74. The van der Waals surface area contributed by atoms with Gasteiger partial charge in [-0.05, 0) is 29.2 Å². The fraction of sp³-hybridized carbons (Fsp3) is 0.111. The first-order valence-electron chi connectivity index (χ1n) is 7.34. The van der Waals surface area contributed by atoms with Gasteiger partial charge in [-0.2, -0.15) is 0 Å². The van der Waals surface area contributed by atoms with E-state index in [-0.39, 0.29) is 5.91 Å². The van der Waals surface area contributed by atoms with Gasteiger partial charge in [0.1, 0.15) is 11.6 Å². The van der Waals surface area contributed by atoms with Crippen molar-refractivity contribution in [2.24, 2.45) is 0 Å². The van der Waals surface area contributed by atoms with Crippen LogP contribution in [0.3, 0.4) is 0 Å². The number of nitrogens with zero attached hydrogens (tertiary/aromatic N) is 1. The molecule has 3 N–H and O–H groups in total. The van der Waals surface area contributed by atoms with Gasteiger partial charge < -0.3 is 15.8 Å². The van der Waals surface area contributed by atoms with Gasteiger partial charge in [0.15, 0.2) is 0 Å². The van der Waals surface area contributed by atoms with Crippen LogP contribution >= 0.6 is 11.3 Å². The molecule has 0 fully saturated rings. The van der Waals surface area contributed by atoms with Crippen molar-refractivity contribution in [1.82, 2.24) is 10.3 Å². The number of hydrogen-bond acceptors (Lipinski definition) is 5. The van der Waals surface area contributed by atoms with Crippen LogP contribution < -0.4 is 15.8 Å². The second kappa shape index (κ2) is 6.72. The molecule has 0 aliphatic carbocycles. The smallest absolute Gasteiger partial charge is 0.243 e. The van der Waals surface area contributed by atoms with Gasteiger partial charge in [-0.3, -0.25) is 4.79 Å². The Kier molecular flexibility index (Phi) is 4.48. The maximum atomic E-state index is 11.4. The molecular formula is C18H17N3O2S. The predicted octanol–water partition coefficient (Wildman–Crippen LogP) is 3.31. The highest BCUT2D eigenvalue weighted by atomic mass is 32.1. The van der Waals surface area contributed by atoms with Crippen LogP contribution in [0.4, 0.5) is 5.82 Å². The number of nitrogens with one attached hydrogen (secondary N) is 1. The van der Waals surface area contributed by atoms with Crippen LogP contribution in [-0.2, 0) is 4.79 Å². The number of hydrogen-bond donors (Lipinski definition) is 2. The van der Waals surface area contributed by atoms with E-state index < -0.39 is 0 Å². The standard InChI is InChI=1S/C18H17N3O2S/c1-20-15(22)8-5-12-9-21-18(19)16-14(10-24-17(12)16)11-3-6-13(23-2)7-4-11/h3-10H,1-2H3,(H2,19,21)(H,20,22)/b8-5+. The molecule has 0 spiro atoms. The van der Waals surface area contributed by atoms with Gasteiger partial charge >= 0.3 is 0 Å². The van der Waals surface area contributed by atoms with Crippen LogP contribution in [-0.4, -0.2) is 25.0 Å². The molecule has 6 heteroatoms. The number of carbonyl (C=O) groups is 1. The average molecular weight is 339 g/mol. The highest BCUT2D eigenvalue weighted by Crippen LogP contribution is 2.39. The molecule has 0 aliphatic heterocycles. The highest BCUT2D eigenvalue weighted by molar-refractivity contribution is 7.18. The number of carbonyl (C=O) groups excluding carboxylic acids is 1. The number of fused-ring (bicyclic) bond motifs is 1. The van der Waals surface area contributed by atoms with Crippen LogP contribution in [0.15, 0.2) is 41.9 Å². The van der Waals surface area contributed by atoms with Crippen LogP contribution in [0.25, 0.3) is 27.3 Å². The van der Waals surface area contributed by atoms with Gasteiger partial charge in [-0.25, -0.2) is 4.98 Å². The van der Waals surface area contributed by atoms with Gasteiger partial charge in [0.05, 0.1) is 7.11 Å². The molecule has 24 heavy (non-hydrogen) atoms. The van der Waals surface area contributed by atoms with E-state index in [1.165, 1.54) is 6.08 Å². The Balaban J connectivity index is 2.11. The number of amides is 1. The average Bonchev–Trinajstić information content (AvgIpc) is 3.07. The number of nitrogen functional groups attached to an aromatic ring is 1. The largest absolute Gasteiger partial charge is 0.497 e. The van der Waals surface area contributed by atoms with Crippen LogP contribution in [0.2, 0.25) is 0 Å². The van der Waals surface area contributed by atoms with Crippen molar-refractivity contribution in [2.45, 2.75) is 0 Å². The molecule has 1 amide bonds. The second-order valence-corrected chi connectivity index (χ2v) is 6.01. The molecule has 2 heterocycles. The molecule has 5 nitrogen and oxygen atoms in total. The lowest BCUT2D eigenvalue weighted by molar-refractivity contribution is -0.115. The number of nitrogens with two attached hydrogens (primary N) is 1. The summed E-state index contributed by atoms with van der Waals surface area (Å²) in [7, 11) is 3.23. The van der Waals surface area contributed by atoms with Gasteiger partial charge in [0.25, 0.3) is 0 Å². The van der Waals surface area contributed by atoms with E-state index in [4.69, 9.17) is 10.5 Å². The summed E-state index contributed by atoms with van der Waals surface area (Å²) in [6.45, 7) is 0. The quantitative estimate of drug-likeness (QED) is 0.715. The number of thiophene rings is 1. The van der Waals surface area contributed by atoms with E-state index >= 15 is 0 Å². The number of anilines is 1. The van der Waals surface area contributed by atoms with Crippen LogP contribution in [0.5, 0.6) is 5.75 Å². The number of likely N-dealkylation sites (N-methyl/N-ethyl adjacent to an activating group) is 1. The summed E-state index contributed by atoms with van der Waals surface area (Å²) in [6, 6.07) is 7.81. The molecule has 0 atom stereocenters. The minimum atomic E-state index is -0.160. The van der Waals surface area contributed by atoms with E-state index in [1.54, 1.807) is 37.8 Å². The fourth-order valence-electron chi connectivity index (χ4n) is 2.44. The van der Waals surface area contributed by atoms with Gasteiger partial charge in [-0.1, -0.05) is 12.1 Å². The first-order chi connectivity index (χ1) is 11.6. The minimum Gasteiger partial charge on any atom is -0.497 e. The van der Waals surface area contributed by atoms with Crippen molar-refractivity contribution in [2.75, 3.05) is 19.9 Å². The Morgan fingerprint density at radius 2 is 2.08 bits per heavy atom. The zero-order chi connectivity index (χ0) is 17.1. The van der Waals surface area contributed by atoms with E-state index in [1.807, 2.05) is 24.3 Å². The van der Waals surface area contributed by atoms with Crippen LogP contribution in [0, 0.1) is 0 Å². The van der Waals surface area contributed by atoms with Crippen molar-refractivity contribution >= 4 is 39.2 Å². The molecule has 0 unspecified atom stereocenters. The summed E-state index contributed by atoms with van der Waals surface area (Å²) in [5, 5.41) is 5.52. The summed E-state index contributed by atoms with van der Waals surface area (Å²) in [5.41, 5.74) is 9.05. The van der Waals surface area contributed by atoms with Gasteiger partial charge in [0.2, 0.25) is 5.91 Å². The molecule has 0 bridgehead atoms. The van der Waals surface area contributed by atoms with Crippen molar-refractivity contribution in [1.29, 1.82) is 0 Å². The molecule has 0 saturated heterocycles. The van der Waals surface area contributed by atoms with Crippen molar-refractivity contribution in [3.8, 4) is 16.9 Å². The summed E-state index contributed by atoms with van der Waals surface area (Å²) in [5.74, 6) is 1.12. The Bertz CT molecular complexity index is 914. The molecule has 0 aliphatic rings. The Labute approximate surface area is 143 Å². The first kappa shape index (κ1) is 16.0. The second-order valence-electron chi connectivity index (χ2n) is 5.13. The Morgan fingerprint density at radius 1 is 1.33 bits per heavy atom. The van der Waals surface area contributed by atoms with Crippen molar-refractivity contribution in [3.05, 3.63) is 47.5 Å². The van der Waals surface area contributed by atoms with Gasteiger partial charge in [0, 0.05) is 40.5 Å². The number of rotatable bonds is 4. The summed E-state index contributed by atoms with van der Waals surface area (Å²) in [4.78, 5) is 15.7. The predicted molar refractivity (Wildman–Crippen MR) is 99.1 cm³/mol. The SMILES string of the molecule is CNC(=O)/C=C/c1cnc(N)c2c(-c3ccc(OC)cc3)csc12. The highest BCUT2D eigenvalue weighted by Gasteiger charge is 2.13. The number of pyridine rings is 1. The molecule has 0 saturated carbocycles. The first-order valence-corrected chi connectivity index (χ1v) is 8.22. The van der Waals surface area contributed by atoms with E-state index in [0.717, 1.165) is 32.5 Å². The molecule has 1 aromatic carbocycles. The summed E-state index contributed by atoms with van der Waals surface area (Å²) >= 11 is 1.58. The van der Waals surface area contributed by atoms with Crippen LogP contribution in [0.1, 0.15) is 5.56 Å². The molecule has 3 rings (SSSR count).